The first kappa shape index (κ1) is 12.7. The van der Waals surface area contributed by atoms with Crippen molar-refractivity contribution < 1.29 is 10.2 Å². The van der Waals surface area contributed by atoms with E-state index >= 15 is 0 Å². The van der Waals surface area contributed by atoms with E-state index in [4.69, 9.17) is 0 Å². The summed E-state index contributed by atoms with van der Waals surface area (Å²) in [5.74, 6) is 0.139. The Kier molecular flexibility index (Phi) is 3.72. The number of anilines is 1. The molecule has 0 spiro atoms. The van der Waals surface area contributed by atoms with Crippen LogP contribution in [0.1, 0.15) is 18.5 Å². The van der Waals surface area contributed by atoms with Gasteiger partial charge in [-0.3, -0.25) is 0 Å². The van der Waals surface area contributed by atoms with Gasteiger partial charge in [-0.2, -0.15) is 0 Å². The Labute approximate surface area is 113 Å². The molecule has 18 heavy (non-hydrogen) atoms. The average Bonchev–Trinajstić information content (AvgIpc) is 2.32. The molecule has 1 aromatic heterocycles. The van der Waals surface area contributed by atoms with Crippen LogP contribution in [0.25, 0.3) is 0 Å². The van der Waals surface area contributed by atoms with Crippen molar-refractivity contribution in [3.05, 3.63) is 46.7 Å². The van der Waals surface area contributed by atoms with Gasteiger partial charge in [0.1, 0.15) is 16.1 Å². The lowest BCUT2D eigenvalue weighted by Crippen LogP contribution is -2.07. The van der Waals surface area contributed by atoms with Crippen molar-refractivity contribution >= 4 is 21.6 Å². The quantitative estimate of drug-likeness (QED) is 0.760. The normalized spacial score (nSPS) is 12.1. The Hall–Kier alpha value is -1.75. The van der Waals surface area contributed by atoms with Crippen LogP contribution in [0.2, 0.25) is 0 Å². The zero-order valence-electron chi connectivity index (χ0n) is 9.76. The van der Waals surface area contributed by atoms with Gasteiger partial charge >= 0.3 is 0 Å². The molecular formula is C13H13BrN2O2. The van der Waals surface area contributed by atoms with Gasteiger partial charge in [0.05, 0.1) is 23.5 Å². The molecule has 5 heteroatoms. The number of aromatic nitrogens is 1. The molecule has 0 radical (unpaired) electrons. The van der Waals surface area contributed by atoms with Crippen LogP contribution < -0.4 is 5.32 Å². The zero-order chi connectivity index (χ0) is 13.1. The van der Waals surface area contributed by atoms with Crippen LogP contribution in [-0.2, 0) is 0 Å². The summed E-state index contributed by atoms with van der Waals surface area (Å²) in [6, 6.07) is 8.15. The van der Waals surface area contributed by atoms with E-state index in [1.54, 1.807) is 24.4 Å². The molecule has 2 rings (SSSR count). The maximum Gasteiger partial charge on any atom is 0.124 e. The average molecular weight is 309 g/mol. The van der Waals surface area contributed by atoms with Gasteiger partial charge in [-0.15, -0.1) is 0 Å². The first-order chi connectivity index (χ1) is 8.58. The van der Waals surface area contributed by atoms with E-state index in [-0.39, 0.29) is 17.5 Å². The first-order valence-electron chi connectivity index (χ1n) is 5.47. The van der Waals surface area contributed by atoms with E-state index in [1.807, 2.05) is 19.1 Å². The number of hydrogen-bond donors (Lipinski definition) is 3. The molecule has 4 nitrogen and oxygen atoms in total. The predicted molar refractivity (Wildman–Crippen MR) is 73.7 cm³/mol. The number of benzene rings is 1. The Balaban J connectivity index is 2.22. The summed E-state index contributed by atoms with van der Waals surface area (Å²) in [5, 5.41) is 22.7. The zero-order valence-corrected chi connectivity index (χ0v) is 11.3. The minimum atomic E-state index is -0.228. The molecule has 0 aliphatic heterocycles. The second-order valence-corrected chi connectivity index (χ2v) is 4.76. The van der Waals surface area contributed by atoms with Gasteiger partial charge in [0.2, 0.25) is 0 Å². The maximum absolute atomic E-state index is 9.76. The lowest BCUT2D eigenvalue weighted by Gasteiger charge is -2.17. The predicted octanol–water partition coefficient (Wildman–Crippen LogP) is 3.43. The molecule has 0 bridgehead atoms. The van der Waals surface area contributed by atoms with Crippen molar-refractivity contribution in [3.8, 4) is 11.5 Å². The Bertz CT molecular complexity index is 523. The number of phenolic OH excluding ortho intramolecular Hbond substituents is 2. The fourth-order valence-corrected chi connectivity index (χ4v) is 2.00. The summed E-state index contributed by atoms with van der Waals surface area (Å²) in [6.07, 6.45) is 1.68. The van der Waals surface area contributed by atoms with Gasteiger partial charge in [0, 0.05) is 0 Å². The number of nitrogens with zero attached hydrogens (tertiary/aromatic N) is 1. The lowest BCUT2D eigenvalue weighted by molar-refractivity contribution is 0.434. The van der Waals surface area contributed by atoms with Gasteiger partial charge in [0.25, 0.3) is 0 Å². The molecule has 0 saturated carbocycles. The highest BCUT2D eigenvalue weighted by Crippen LogP contribution is 2.33. The standard InChI is InChI=1S/C13H13BrN2O2/c1-8(13-10(17)3-2-4-11(13)18)16-9-5-6-12(14)15-7-9/h2-8,16-18H,1H3. The number of phenols is 2. The smallest absolute Gasteiger partial charge is 0.124 e. The van der Waals surface area contributed by atoms with Gasteiger partial charge in [-0.25, -0.2) is 4.98 Å². The van der Waals surface area contributed by atoms with E-state index in [2.05, 4.69) is 26.2 Å². The minimum absolute atomic E-state index is 0.0695. The van der Waals surface area contributed by atoms with Crippen molar-refractivity contribution in [2.75, 3.05) is 5.32 Å². The molecular weight excluding hydrogens is 296 g/mol. The highest BCUT2D eigenvalue weighted by atomic mass is 79.9. The van der Waals surface area contributed by atoms with Gasteiger partial charge < -0.3 is 15.5 Å². The molecule has 1 unspecified atom stereocenters. The Morgan fingerprint density at radius 3 is 2.39 bits per heavy atom. The number of halogens is 1. The van der Waals surface area contributed by atoms with Crippen LogP contribution in [0.3, 0.4) is 0 Å². The van der Waals surface area contributed by atoms with E-state index in [0.29, 0.717) is 5.56 Å². The third-order valence-corrected chi connectivity index (χ3v) is 3.07. The number of rotatable bonds is 3. The molecule has 1 heterocycles. The second kappa shape index (κ2) is 5.27. The summed E-state index contributed by atoms with van der Waals surface area (Å²) in [6.45, 7) is 1.86. The molecule has 0 saturated heterocycles. The summed E-state index contributed by atoms with van der Waals surface area (Å²) in [4.78, 5) is 4.10. The van der Waals surface area contributed by atoms with E-state index in [0.717, 1.165) is 10.3 Å². The highest BCUT2D eigenvalue weighted by Gasteiger charge is 2.14. The molecule has 1 atom stereocenters. The third kappa shape index (κ3) is 2.73. The fraction of sp³-hybridized carbons (Fsp3) is 0.154. The molecule has 0 aliphatic rings. The van der Waals surface area contributed by atoms with E-state index in [9.17, 15) is 10.2 Å². The van der Waals surface area contributed by atoms with E-state index < -0.39 is 0 Å². The second-order valence-electron chi connectivity index (χ2n) is 3.95. The third-order valence-electron chi connectivity index (χ3n) is 2.60. The molecule has 0 amide bonds. The van der Waals surface area contributed by atoms with Crippen molar-refractivity contribution in [1.82, 2.24) is 4.98 Å². The van der Waals surface area contributed by atoms with Gasteiger partial charge in [-0.05, 0) is 47.1 Å². The summed E-state index contributed by atoms with van der Waals surface area (Å²) >= 11 is 3.26. The first-order valence-corrected chi connectivity index (χ1v) is 6.26. The van der Waals surface area contributed by atoms with Gasteiger partial charge in [-0.1, -0.05) is 6.07 Å². The lowest BCUT2D eigenvalue weighted by atomic mass is 10.1. The largest absolute Gasteiger partial charge is 0.507 e. The number of aromatic hydroxyl groups is 2. The fourth-order valence-electron chi connectivity index (χ4n) is 1.77. The van der Waals surface area contributed by atoms with Crippen LogP contribution in [0.15, 0.2) is 41.1 Å². The van der Waals surface area contributed by atoms with Crippen molar-refractivity contribution in [2.45, 2.75) is 13.0 Å². The molecule has 3 N–H and O–H groups in total. The maximum atomic E-state index is 9.76. The van der Waals surface area contributed by atoms with Crippen LogP contribution in [0, 0.1) is 0 Å². The summed E-state index contributed by atoms with van der Waals surface area (Å²) < 4.78 is 0.756. The van der Waals surface area contributed by atoms with Crippen LogP contribution in [0.5, 0.6) is 11.5 Å². The molecule has 2 aromatic rings. The van der Waals surface area contributed by atoms with Crippen molar-refractivity contribution in [1.29, 1.82) is 0 Å². The molecule has 1 aromatic carbocycles. The monoisotopic (exact) mass is 308 g/mol. The highest BCUT2D eigenvalue weighted by molar-refractivity contribution is 9.10. The van der Waals surface area contributed by atoms with Crippen LogP contribution in [0.4, 0.5) is 5.69 Å². The molecule has 0 aliphatic carbocycles. The Morgan fingerprint density at radius 1 is 1.17 bits per heavy atom. The summed E-state index contributed by atoms with van der Waals surface area (Å²) in [7, 11) is 0. The van der Waals surface area contributed by atoms with Crippen LogP contribution >= 0.6 is 15.9 Å². The van der Waals surface area contributed by atoms with Crippen molar-refractivity contribution in [3.63, 3.8) is 0 Å². The topological polar surface area (TPSA) is 65.4 Å². The number of hydrogen-bond acceptors (Lipinski definition) is 4. The van der Waals surface area contributed by atoms with Crippen LogP contribution in [-0.4, -0.2) is 15.2 Å². The molecule has 94 valence electrons. The van der Waals surface area contributed by atoms with Crippen molar-refractivity contribution in [2.24, 2.45) is 0 Å². The van der Waals surface area contributed by atoms with E-state index in [1.165, 1.54) is 0 Å². The minimum Gasteiger partial charge on any atom is -0.507 e. The van der Waals surface area contributed by atoms with Gasteiger partial charge in [0.15, 0.2) is 0 Å². The number of pyridine rings is 1. The molecule has 0 fully saturated rings. The number of nitrogens with one attached hydrogen (secondary N) is 1. The summed E-state index contributed by atoms with van der Waals surface area (Å²) in [5.41, 5.74) is 1.29. The SMILES string of the molecule is CC(Nc1ccc(Br)nc1)c1c(O)cccc1O. The Morgan fingerprint density at radius 2 is 1.83 bits per heavy atom.